The topological polar surface area (TPSA) is 51.6 Å². The van der Waals surface area contributed by atoms with Crippen molar-refractivity contribution in [2.75, 3.05) is 0 Å². The van der Waals surface area contributed by atoms with Gasteiger partial charge in [0.1, 0.15) is 0 Å². The first-order valence-corrected chi connectivity index (χ1v) is 18.3. The van der Waals surface area contributed by atoms with Crippen LogP contribution in [0.5, 0.6) is 0 Å². The molecule has 0 saturated carbocycles. The van der Waals surface area contributed by atoms with E-state index in [9.17, 15) is 0 Å². The first-order chi connectivity index (χ1) is 27.8. The molecule has 6 aromatic carbocycles. The molecule has 0 fully saturated rings. The molecule has 0 aliphatic heterocycles. The Labute approximate surface area is 368 Å². The fraction of sp³-hybridized carbons (Fsp3) is 0. The van der Waals surface area contributed by atoms with Crippen LogP contribution < -0.4 is 0 Å². The summed E-state index contributed by atoms with van der Waals surface area (Å²) in [4.78, 5) is 19.0. The van der Waals surface area contributed by atoms with Gasteiger partial charge in [-0.2, -0.15) is 72.8 Å². The van der Waals surface area contributed by atoms with Gasteiger partial charge in [-0.25, -0.2) is 0 Å². The number of pyridine rings is 4. The Bertz CT molecular complexity index is 2540. The third kappa shape index (κ3) is 10.2. The monoisotopic (exact) mass is 1100 g/mol. The van der Waals surface area contributed by atoms with E-state index >= 15 is 0 Å². The van der Waals surface area contributed by atoms with Gasteiger partial charge in [0.2, 0.25) is 0 Å². The molecular weight excluding hydrogens is 1070 g/mol. The molecule has 4 aromatic heterocycles. The SMILES string of the molecule is [Pt+2].[Pt+2].[c-]1c(-c2ccccn2)cc(-c2cc(-c3ccccn3)[c-]c(-c3nccc4ccccc34)c2)cc1-c1nccc2ccccc12.[c-]1ccccc1.[c-]1ccccc1. The minimum Gasteiger partial charge on any atom is -0.295 e. The van der Waals surface area contributed by atoms with Crippen LogP contribution in [0, 0.1) is 24.3 Å². The molecule has 0 saturated heterocycles. The van der Waals surface area contributed by atoms with E-state index in [1.54, 1.807) is 0 Å². The summed E-state index contributed by atoms with van der Waals surface area (Å²) in [5, 5.41) is 4.41. The molecule has 0 unspecified atom stereocenters. The van der Waals surface area contributed by atoms with Crippen molar-refractivity contribution in [2.45, 2.75) is 0 Å². The average Bonchev–Trinajstić information content (AvgIpc) is 3.30. The van der Waals surface area contributed by atoms with Gasteiger partial charge in [-0.3, -0.25) is 19.9 Å². The van der Waals surface area contributed by atoms with Crippen LogP contribution in [0.4, 0.5) is 0 Å². The number of rotatable bonds is 5. The number of aromatic nitrogens is 4. The van der Waals surface area contributed by atoms with Crippen LogP contribution in [-0.2, 0) is 42.1 Å². The summed E-state index contributed by atoms with van der Waals surface area (Å²) >= 11 is 0. The maximum atomic E-state index is 4.83. The summed E-state index contributed by atoms with van der Waals surface area (Å²) in [6.45, 7) is 0. The number of nitrogens with zero attached hydrogens (tertiary/aromatic N) is 4. The molecule has 282 valence electrons. The molecular formula is C52H34N4Pt2. The van der Waals surface area contributed by atoms with E-state index in [-0.39, 0.29) is 42.1 Å². The molecule has 0 spiro atoms. The summed E-state index contributed by atoms with van der Waals surface area (Å²) in [7, 11) is 0. The molecule has 6 heteroatoms. The molecule has 4 heterocycles. The van der Waals surface area contributed by atoms with Crippen LogP contribution >= 0.6 is 0 Å². The van der Waals surface area contributed by atoms with Crippen molar-refractivity contribution in [1.29, 1.82) is 0 Å². The summed E-state index contributed by atoms with van der Waals surface area (Å²) in [6.07, 6.45) is 7.35. The van der Waals surface area contributed by atoms with E-state index in [2.05, 4.69) is 82.8 Å². The molecule has 58 heavy (non-hydrogen) atoms. The van der Waals surface area contributed by atoms with Crippen LogP contribution in [0.2, 0.25) is 0 Å². The third-order valence-corrected chi connectivity index (χ3v) is 9.02. The summed E-state index contributed by atoms with van der Waals surface area (Å²) in [5.41, 5.74) is 9.07. The quantitative estimate of drug-likeness (QED) is 0.161. The number of hydrogen-bond acceptors (Lipinski definition) is 4. The van der Waals surface area contributed by atoms with Crippen molar-refractivity contribution in [3.8, 4) is 56.2 Å². The fourth-order valence-electron chi connectivity index (χ4n) is 6.40. The summed E-state index contributed by atoms with van der Waals surface area (Å²) < 4.78 is 0. The second-order valence-electron chi connectivity index (χ2n) is 12.7. The average molecular weight is 1110 g/mol. The second kappa shape index (κ2) is 20.8. The van der Waals surface area contributed by atoms with Crippen LogP contribution in [0.1, 0.15) is 0 Å². The van der Waals surface area contributed by atoms with Gasteiger partial charge < -0.3 is 0 Å². The molecule has 0 N–H and O–H groups in total. The zero-order chi connectivity index (χ0) is 37.8. The standard InChI is InChI=1S/C40H24N4.2C6H5.2Pt/c1-3-11-35-27(9-1)15-19-43-39(35)33-23-29(21-31(25-33)37-13-5-7-17-41-37)30-22-32(38-14-6-8-18-42-38)26-34(24-30)40-36-12-4-2-10-28(36)16-20-44-40;2*1-2-4-6-5-3-1;;/h1-24H;2*1-5H;;/q-2;2*-1;2*+2. The van der Waals surface area contributed by atoms with Crippen molar-refractivity contribution < 1.29 is 42.1 Å². The molecule has 10 rings (SSSR count). The molecule has 4 nitrogen and oxygen atoms in total. The molecule has 0 aliphatic rings. The van der Waals surface area contributed by atoms with Crippen molar-refractivity contribution in [1.82, 2.24) is 19.9 Å². The number of benzene rings is 6. The van der Waals surface area contributed by atoms with Gasteiger partial charge in [0.15, 0.2) is 0 Å². The maximum Gasteiger partial charge on any atom is 2.00 e. The summed E-state index contributed by atoms with van der Waals surface area (Å²) in [5.74, 6) is 0. The fourth-order valence-corrected chi connectivity index (χ4v) is 6.40. The van der Waals surface area contributed by atoms with Crippen molar-refractivity contribution in [3.63, 3.8) is 0 Å². The molecule has 0 aliphatic carbocycles. The van der Waals surface area contributed by atoms with Gasteiger partial charge >= 0.3 is 42.1 Å². The predicted molar refractivity (Wildman–Crippen MR) is 228 cm³/mol. The second-order valence-corrected chi connectivity index (χ2v) is 12.7. The Balaban J connectivity index is 0.000000349. The normalized spacial score (nSPS) is 10.1. The minimum absolute atomic E-state index is 0. The largest absolute Gasteiger partial charge is 2.00 e. The maximum absolute atomic E-state index is 4.83. The van der Waals surface area contributed by atoms with Gasteiger partial charge in [-0.05, 0) is 45.8 Å². The van der Waals surface area contributed by atoms with E-state index < -0.39 is 0 Å². The van der Waals surface area contributed by atoms with Gasteiger partial charge in [-0.1, -0.05) is 106 Å². The van der Waals surface area contributed by atoms with Crippen molar-refractivity contribution in [3.05, 3.63) is 231 Å². The van der Waals surface area contributed by atoms with Gasteiger partial charge in [0.05, 0.1) is 0 Å². The molecule has 0 amide bonds. The van der Waals surface area contributed by atoms with Crippen LogP contribution in [-0.4, -0.2) is 19.9 Å². The van der Waals surface area contributed by atoms with E-state index in [0.29, 0.717) is 0 Å². The Morgan fingerprint density at radius 1 is 0.328 bits per heavy atom. The Morgan fingerprint density at radius 2 is 0.724 bits per heavy atom. The Kier molecular flexibility index (Phi) is 14.9. The number of fused-ring (bicyclic) bond motifs is 2. The van der Waals surface area contributed by atoms with Crippen molar-refractivity contribution in [2.24, 2.45) is 0 Å². The van der Waals surface area contributed by atoms with Gasteiger partial charge in [0, 0.05) is 47.6 Å². The molecule has 0 bridgehead atoms. The minimum atomic E-state index is 0. The van der Waals surface area contributed by atoms with E-state index in [4.69, 9.17) is 9.97 Å². The smallest absolute Gasteiger partial charge is 0.295 e. The number of hydrogen-bond donors (Lipinski definition) is 0. The zero-order valence-corrected chi connectivity index (χ0v) is 35.6. The first kappa shape index (κ1) is 41.5. The summed E-state index contributed by atoms with van der Waals surface area (Å²) in [6, 6.07) is 73.5. The van der Waals surface area contributed by atoms with E-state index in [0.717, 1.165) is 77.7 Å². The zero-order valence-electron chi connectivity index (χ0n) is 31.1. The van der Waals surface area contributed by atoms with E-state index in [1.165, 1.54) is 0 Å². The van der Waals surface area contributed by atoms with E-state index in [1.807, 2.05) is 158 Å². The Hall–Kier alpha value is -6.18. The van der Waals surface area contributed by atoms with Crippen LogP contribution in [0.3, 0.4) is 0 Å². The van der Waals surface area contributed by atoms with Crippen molar-refractivity contribution >= 4 is 21.5 Å². The first-order valence-electron chi connectivity index (χ1n) is 18.3. The molecule has 0 radical (unpaired) electrons. The van der Waals surface area contributed by atoms with Crippen LogP contribution in [0.15, 0.2) is 207 Å². The molecule has 10 aromatic rings. The Morgan fingerprint density at radius 3 is 1.09 bits per heavy atom. The predicted octanol–water partition coefficient (Wildman–Crippen LogP) is 12.5. The molecule has 0 atom stereocenters. The van der Waals surface area contributed by atoms with Crippen LogP contribution in [0.25, 0.3) is 77.7 Å². The van der Waals surface area contributed by atoms with Gasteiger partial charge in [0.25, 0.3) is 0 Å². The third-order valence-electron chi connectivity index (χ3n) is 9.02. The van der Waals surface area contributed by atoms with Gasteiger partial charge in [-0.15, -0.1) is 36.4 Å².